The fourth-order valence-electron chi connectivity index (χ4n) is 3.26. The lowest BCUT2D eigenvalue weighted by atomic mass is 10.2. The van der Waals surface area contributed by atoms with Gasteiger partial charge in [0.25, 0.3) is 0 Å². The maximum atomic E-state index is 5.64. The fourth-order valence-corrected chi connectivity index (χ4v) is 3.26. The Bertz CT molecular complexity index is 219. The normalized spacial score (nSPS) is 11.8. The van der Waals surface area contributed by atoms with E-state index >= 15 is 0 Å². The Hall–Kier alpha value is -0.240. The second-order valence-electron chi connectivity index (χ2n) is 7.37. The van der Waals surface area contributed by atoms with Crippen molar-refractivity contribution in [2.24, 2.45) is 22.9 Å². The van der Waals surface area contributed by atoms with E-state index in [0.717, 1.165) is 51.9 Å². The fraction of sp³-hybridized carbons (Fsp3) is 1.00. The van der Waals surface area contributed by atoms with Crippen LogP contribution in [0.4, 0.5) is 0 Å². The first kappa shape index (κ1) is 25.8. The summed E-state index contributed by atoms with van der Waals surface area (Å²) in [6.45, 7) is 10.3. The molecule has 0 unspecified atom stereocenters. The minimum absolute atomic E-state index is 0.803. The SMILES string of the molecule is NCCCCN(CCCCN)CCCCN(CCCCN)CCCCN. The van der Waals surface area contributed by atoms with E-state index in [9.17, 15) is 0 Å². The van der Waals surface area contributed by atoms with Crippen molar-refractivity contribution < 1.29 is 0 Å². The number of hydrogen-bond donors (Lipinski definition) is 4. The van der Waals surface area contributed by atoms with E-state index < -0.39 is 0 Å². The van der Waals surface area contributed by atoms with Gasteiger partial charge in [0.05, 0.1) is 0 Å². The van der Waals surface area contributed by atoms with E-state index in [1.54, 1.807) is 0 Å². The average molecular weight is 373 g/mol. The first-order valence-corrected chi connectivity index (χ1v) is 11.0. The second-order valence-corrected chi connectivity index (χ2v) is 7.37. The Morgan fingerprint density at radius 2 is 0.500 bits per heavy atom. The molecule has 0 amide bonds. The molecule has 0 rings (SSSR count). The predicted molar refractivity (Wildman–Crippen MR) is 115 cm³/mol. The molecular formula is C20H48N6. The summed E-state index contributed by atoms with van der Waals surface area (Å²) in [4.78, 5) is 5.22. The summed E-state index contributed by atoms with van der Waals surface area (Å²) in [7, 11) is 0. The highest BCUT2D eigenvalue weighted by Gasteiger charge is 2.07. The van der Waals surface area contributed by atoms with Crippen molar-refractivity contribution in [3.63, 3.8) is 0 Å². The van der Waals surface area contributed by atoms with Gasteiger partial charge < -0.3 is 32.7 Å². The molecule has 8 N–H and O–H groups in total. The highest BCUT2D eigenvalue weighted by molar-refractivity contribution is 4.63. The zero-order valence-electron chi connectivity index (χ0n) is 17.3. The first-order chi connectivity index (χ1) is 12.8. The van der Waals surface area contributed by atoms with Crippen LogP contribution in [0.1, 0.15) is 64.2 Å². The van der Waals surface area contributed by atoms with Crippen LogP contribution in [-0.4, -0.2) is 75.2 Å². The van der Waals surface area contributed by atoms with Crippen molar-refractivity contribution in [3.8, 4) is 0 Å². The molecule has 0 aliphatic rings. The average Bonchev–Trinajstić information content (AvgIpc) is 2.64. The summed E-state index contributed by atoms with van der Waals surface area (Å²) in [5.41, 5.74) is 22.5. The van der Waals surface area contributed by atoms with Gasteiger partial charge in [0.1, 0.15) is 0 Å². The van der Waals surface area contributed by atoms with Gasteiger partial charge in [-0.05, 0) is 130 Å². The third-order valence-electron chi connectivity index (χ3n) is 4.91. The largest absolute Gasteiger partial charge is 0.330 e. The van der Waals surface area contributed by atoms with Crippen LogP contribution in [0, 0.1) is 0 Å². The smallest absolute Gasteiger partial charge is 0.00183 e. The van der Waals surface area contributed by atoms with Crippen molar-refractivity contribution in [2.75, 3.05) is 65.4 Å². The van der Waals surface area contributed by atoms with E-state index in [-0.39, 0.29) is 0 Å². The lowest BCUT2D eigenvalue weighted by Gasteiger charge is -2.25. The summed E-state index contributed by atoms with van der Waals surface area (Å²) < 4.78 is 0. The molecule has 0 fully saturated rings. The quantitative estimate of drug-likeness (QED) is 0.226. The van der Waals surface area contributed by atoms with Gasteiger partial charge >= 0.3 is 0 Å². The lowest BCUT2D eigenvalue weighted by Crippen LogP contribution is -2.30. The predicted octanol–water partition coefficient (Wildman–Crippen LogP) is 1.33. The molecule has 0 spiro atoms. The van der Waals surface area contributed by atoms with Crippen molar-refractivity contribution in [1.29, 1.82) is 0 Å². The van der Waals surface area contributed by atoms with Gasteiger partial charge in [0.15, 0.2) is 0 Å². The number of rotatable bonds is 21. The Morgan fingerprint density at radius 1 is 0.308 bits per heavy atom. The van der Waals surface area contributed by atoms with Gasteiger partial charge in [-0.1, -0.05) is 0 Å². The lowest BCUT2D eigenvalue weighted by molar-refractivity contribution is 0.232. The molecule has 0 aromatic heterocycles. The Morgan fingerprint density at radius 3 is 0.692 bits per heavy atom. The molecule has 0 aromatic rings. The van der Waals surface area contributed by atoms with Crippen molar-refractivity contribution in [1.82, 2.24) is 9.80 Å². The molecule has 6 nitrogen and oxygen atoms in total. The number of nitrogens with two attached hydrogens (primary N) is 4. The van der Waals surface area contributed by atoms with E-state index in [0.29, 0.717) is 0 Å². The zero-order chi connectivity index (χ0) is 19.3. The molecule has 0 radical (unpaired) electrons. The maximum absolute atomic E-state index is 5.64. The van der Waals surface area contributed by atoms with Crippen LogP contribution in [0.3, 0.4) is 0 Å². The molecule has 0 aromatic carbocycles. The van der Waals surface area contributed by atoms with E-state index in [1.807, 2.05) is 0 Å². The third kappa shape index (κ3) is 17.2. The highest BCUT2D eigenvalue weighted by Crippen LogP contribution is 2.05. The molecule has 158 valence electrons. The van der Waals surface area contributed by atoms with Crippen molar-refractivity contribution >= 4 is 0 Å². The topological polar surface area (TPSA) is 111 Å². The molecule has 0 saturated carbocycles. The van der Waals surface area contributed by atoms with E-state index in [2.05, 4.69) is 9.80 Å². The van der Waals surface area contributed by atoms with Gasteiger partial charge in [-0.3, -0.25) is 0 Å². The Balaban J connectivity index is 4.04. The van der Waals surface area contributed by atoms with Gasteiger partial charge in [-0.25, -0.2) is 0 Å². The number of unbranched alkanes of at least 4 members (excludes halogenated alkanes) is 5. The van der Waals surface area contributed by atoms with Crippen molar-refractivity contribution in [3.05, 3.63) is 0 Å². The molecule has 0 aliphatic carbocycles. The molecule has 0 atom stereocenters. The highest BCUT2D eigenvalue weighted by atomic mass is 15.1. The van der Waals surface area contributed by atoms with Crippen LogP contribution in [0.15, 0.2) is 0 Å². The zero-order valence-corrected chi connectivity index (χ0v) is 17.3. The number of nitrogens with zero attached hydrogens (tertiary/aromatic N) is 2. The van der Waals surface area contributed by atoms with Gasteiger partial charge in [-0.2, -0.15) is 0 Å². The van der Waals surface area contributed by atoms with Crippen LogP contribution >= 0.6 is 0 Å². The van der Waals surface area contributed by atoms with Crippen LogP contribution in [0.25, 0.3) is 0 Å². The summed E-state index contributed by atoms with van der Waals surface area (Å²) in [5.74, 6) is 0. The molecule has 26 heavy (non-hydrogen) atoms. The van der Waals surface area contributed by atoms with Crippen LogP contribution < -0.4 is 22.9 Å². The minimum atomic E-state index is 0.803. The Kier molecular flexibility index (Phi) is 20.9. The first-order valence-electron chi connectivity index (χ1n) is 11.0. The van der Waals surface area contributed by atoms with E-state index in [1.165, 1.54) is 77.8 Å². The summed E-state index contributed by atoms with van der Waals surface area (Å²) in [5, 5.41) is 0. The van der Waals surface area contributed by atoms with Gasteiger partial charge in [0, 0.05) is 0 Å². The second kappa shape index (κ2) is 21.1. The van der Waals surface area contributed by atoms with Gasteiger partial charge in [-0.15, -0.1) is 0 Å². The minimum Gasteiger partial charge on any atom is -0.330 e. The van der Waals surface area contributed by atoms with Crippen LogP contribution in [0.2, 0.25) is 0 Å². The van der Waals surface area contributed by atoms with E-state index in [4.69, 9.17) is 22.9 Å². The molecule has 0 aliphatic heterocycles. The Labute approximate surface area is 163 Å². The van der Waals surface area contributed by atoms with Gasteiger partial charge in [0.2, 0.25) is 0 Å². The monoisotopic (exact) mass is 372 g/mol. The maximum Gasteiger partial charge on any atom is -0.00183 e. The number of hydrogen-bond acceptors (Lipinski definition) is 6. The molecular weight excluding hydrogens is 324 g/mol. The van der Waals surface area contributed by atoms with Crippen LogP contribution in [-0.2, 0) is 0 Å². The standard InChI is InChI=1S/C20H48N6/c21-11-1-5-15-25(16-6-2-12-22)19-9-10-20-26(17-7-3-13-23)18-8-4-14-24/h1-24H2. The summed E-state index contributed by atoms with van der Waals surface area (Å²) in [6, 6.07) is 0. The molecule has 0 heterocycles. The summed E-state index contributed by atoms with van der Waals surface area (Å²) in [6.07, 6.45) is 11.9. The van der Waals surface area contributed by atoms with Crippen LogP contribution in [0.5, 0.6) is 0 Å². The van der Waals surface area contributed by atoms with Crippen molar-refractivity contribution in [2.45, 2.75) is 64.2 Å². The molecule has 6 heteroatoms. The third-order valence-corrected chi connectivity index (χ3v) is 4.91. The molecule has 0 bridgehead atoms. The molecule has 0 saturated heterocycles. The summed E-state index contributed by atoms with van der Waals surface area (Å²) >= 11 is 0.